The normalized spacial score (nSPS) is 20.2. The molecule has 1 aliphatic rings. The first kappa shape index (κ1) is 16.0. The van der Waals surface area contributed by atoms with E-state index >= 15 is 0 Å². The van der Waals surface area contributed by atoms with E-state index in [0.717, 1.165) is 19.3 Å². The lowest BCUT2D eigenvalue weighted by atomic mass is 10.0. The number of carbonyl (C=O) groups is 1. The third kappa shape index (κ3) is 5.16. The quantitative estimate of drug-likeness (QED) is 0.372. The van der Waals surface area contributed by atoms with Crippen LogP contribution >= 0.6 is 0 Å². The van der Waals surface area contributed by atoms with E-state index in [2.05, 4.69) is 30.3 Å². The monoisotopic (exact) mass is 290 g/mol. The highest BCUT2D eigenvalue weighted by Crippen LogP contribution is 2.34. The van der Waals surface area contributed by atoms with Crippen molar-refractivity contribution in [2.75, 3.05) is 13.2 Å². The minimum absolute atomic E-state index is 0.172. The van der Waals surface area contributed by atoms with Gasteiger partial charge < -0.3 is 9.47 Å². The zero-order valence-electron chi connectivity index (χ0n) is 13.0. The lowest BCUT2D eigenvalue weighted by Gasteiger charge is -2.10. The van der Waals surface area contributed by atoms with Gasteiger partial charge in [0.2, 0.25) is 0 Å². The summed E-state index contributed by atoms with van der Waals surface area (Å²) >= 11 is 0. The first-order valence-corrected chi connectivity index (χ1v) is 8.12. The summed E-state index contributed by atoms with van der Waals surface area (Å²) in [5, 5.41) is 0. The summed E-state index contributed by atoms with van der Waals surface area (Å²) in [6.45, 7) is 2.81. The van der Waals surface area contributed by atoms with Gasteiger partial charge in [-0.1, -0.05) is 49.6 Å². The minimum atomic E-state index is -0.583. The van der Waals surface area contributed by atoms with Gasteiger partial charge in [0.1, 0.15) is 0 Å². The molecule has 1 saturated heterocycles. The predicted molar refractivity (Wildman–Crippen MR) is 83.2 cm³/mol. The van der Waals surface area contributed by atoms with Crippen molar-refractivity contribution >= 4 is 5.97 Å². The largest absolute Gasteiger partial charge is 0.464 e. The number of unbranched alkanes of at least 4 members (excludes halogenated alkanes) is 4. The fourth-order valence-electron chi connectivity index (χ4n) is 2.63. The fraction of sp³-hybridized carbons (Fsp3) is 0.611. The summed E-state index contributed by atoms with van der Waals surface area (Å²) in [5.41, 5.74) is 0.838. The molecule has 3 heteroatoms. The molecule has 0 radical (unpaired) electrons. The summed E-state index contributed by atoms with van der Waals surface area (Å²) in [6, 6.07) is 10.6. The highest BCUT2D eigenvalue weighted by molar-refractivity contribution is 5.82. The van der Waals surface area contributed by atoms with Crippen molar-refractivity contribution in [3.8, 4) is 0 Å². The van der Waals surface area contributed by atoms with Crippen LogP contribution in [0, 0.1) is 0 Å². The van der Waals surface area contributed by atoms with Crippen LogP contribution in [0.4, 0.5) is 0 Å². The van der Waals surface area contributed by atoms with E-state index in [0.29, 0.717) is 13.2 Å². The van der Waals surface area contributed by atoms with Gasteiger partial charge in [0.05, 0.1) is 13.2 Å². The van der Waals surface area contributed by atoms with Crippen molar-refractivity contribution in [2.45, 2.75) is 57.5 Å². The van der Waals surface area contributed by atoms with Gasteiger partial charge in [0.25, 0.3) is 0 Å². The Morgan fingerprint density at radius 2 is 1.81 bits per heavy atom. The van der Waals surface area contributed by atoms with Crippen LogP contribution in [0.3, 0.4) is 0 Å². The minimum Gasteiger partial charge on any atom is -0.464 e. The van der Waals surface area contributed by atoms with Crippen molar-refractivity contribution in [3.63, 3.8) is 0 Å². The standard InChI is InChI=1S/C18H26O3/c1-2-20-17(19)18(15-21-18)14-10-5-3-4-7-11-16-12-8-6-9-13-16/h6,8-9,12-13H,2-5,7,10-11,14-15H2,1H3/t18-/m0/s1. The van der Waals surface area contributed by atoms with Gasteiger partial charge in [-0.2, -0.15) is 0 Å². The summed E-state index contributed by atoms with van der Waals surface area (Å²) in [6.07, 6.45) is 7.90. The Bertz CT molecular complexity index is 423. The lowest BCUT2D eigenvalue weighted by Crippen LogP contribution is -2.27. The molecule has 1 aromatic rings. The van der Waals surface area contributed by atoms with E-state index in [1.165, 1.54) is 31.2 Å². The van der Waals surface area contributed by atoms with E-state index in [-0.39, 0.29) is 5.97 Å². The van der Waals surface area contributed by atoms with Gasteiger partial charge in [-0.25, -0.2) is 4.79 Å². The number of ether oxygens (including phenoxy) is 2. The first-order valence-electron chi connectivity index (χ1n) is 8.12. The number of aryl methyl sites for hydroxylation is 1. The predicted octanol–water partition coefficient (Wildman–Crippen LogP) is 3.90. The Balaban J connectivity index is 1.50. The number of epoxide rings is 1. The molecule has 0 unspecified atom stereocenters. The summed E-state index contributed by atoms with van der Waals surface area (Å²) in [4.78, 5) is 11.7. The average Bonchev–Trinajstić information content (AvgIpc) is 3.29. The fourth-order valence-corrected chi connectivity index (χ4v) is 2.63. The van der Waals surface area contributed by atoms with Crippen molar-refractivity contribution in [2.24, 2.45) is 0 Å². The Labute approximate surface area is 127 Å². The van der Waals surface area contributed by atoms with Crippen molar-refractivity contribution < 1.29 is 14.3 Å². The van der Waals surface area contributed by atoms with Gasteiger partial charge >= 0.3 is 5.97 Å². The van der Waals surface area contributed by atoms with Crippen molar-refractivity contribution in [1.82, 2.24) is 0 Å². The Morgan fingerprint density at radius 1 is 1.14 bits per heavy atom. The number of hydrogen-bond acceptors (Lipinski definition) is 3. The molecule has 0 bridgehead atoms. The molecule has 1 fully saturated rings. The number of benzene rings is 1. The van der Waals surface area contributed by atoms with Crippen LogP contribution in [0.2, 0.25) is 0 Å². The lowest BCUT2D eigenvalue weighted by molar-refractivity contribution is -0.149. The second kappa shape index (κ2) is 8.18. The maximum atomic E-state index is 11.7. The van der Waals surface area contributed by atoms with Crippen LogP contribution in [-0.4, -0.2) is 24.8 Å². The smallest absolute Gasteiger partial charge is 0.340 e. The maximum Gasteiger partial charge on any atom is 0.340 e. The van der Waals surface area contributed by atoms with Gasteiger partial charge in [-0.05, 0) is 38.2 Å². The van der Waals surface area contributed by atoms with Gasteiger partial charge in [-0.15, -0.1) is 0 Å². The Morgan fingerprint density at radius 3 is 2.48 bits per heavy atom. The third-order valence-corrected chi connectivity index (χ3v) is 4.03. The van der Waals surface area contributed by atoms with Crippen LogP contribution in [0.15, 0.2) is 30.3 Å². The van der Waals surface area contributed by atoms with E-state index in [1.54, 1.807) is 0 Å². The van der Waals surface area contributed by atoms with Crippen LogP contribution < -0.4 is 0 Å². The topological polar surface area (TPSA) is 38.8 Å². The van der Waals surface area contributed by atoms with Crippen LogP contribution in [0.5, 0.6) is 0 Å². The average molecular weight is 290 g/mol. The number of hydrogen-bond donors (Lipinski definition) is 0. The zero-order valence-corrected chi connectivity index (χ0v) is 13.0. The second-order valence-corrected chi connectivity index (χ2v) is 5.76. The summed E-state index contributed by atoms with van der Waals surface area (Å²) in [7, 11) is 0. The van der Waals surface area contributed by atoms with Crippen LogP contribution in [-0.2, 0) is 20.7 Å². The molecule has 0 N–H and O–H groups in total. The first-order chi connectivity index (χ1) is 10.3. The molecule has 0 amide bonds. The molecule has 0 spiro atoms. The van der Waals surface area contributed by atoms with E-state index < -0.39 is 5.60 Å². The van der Waals surface area contributed by atoms with Gasteiger partial charge in [0.15, 0.2) is 5.60 Å². The van der Waals surface area contributed by atoms with E-state index in [4.69, 9.17) is 9.47 Å². The Hall–Kier alpha value is -1.35. The second-order valence-electron chi connectivity index (χ2n) is 5.76. The van der Waals surface area contributed by atoms with Crippen molar-refractivity contribution in [3.05, 3.63) is 35.9 Å². The molecule has 1 aliphatic heterocycles. The molecule has 21 heavy (non-hydrogen) atoms. The summed E-state index contributed by atoms with van der Waals surface area (Å²) in [5.74, 6) is -0.172. The zero-order chi connectivity index (χ0) is 15.0. The highest BCUT2D eigenvalue weighted by Gasteiger charge is 2.52. The third-order valence-electron chi connectivity index (χ3n) is 4.03. The van der Waals surface area contributed by atoms with Crippen LogP contribution in [0.25, 0.3) is 0 Å². The van der Waals surface area contributed by atoms with Crippen LogP contribution in [0.1, 0.15) is 51.0 Å². The molecular formula is C18H26O3. The molecule has 1 heterocycles. The molecule has 0 saturated carbocycles. The molecule has 116 valence electrons. The Kier molecular flexibility index (Phi) is 6.24. The molecule has 0 aromatic heterocycles. The van der Waals surface area contributed by atoms with Gasteiger partial charge in [-0.3, -0.25) is 0 Å². The molecule has 2 rings (SSSR count). The molecular weight excluding hydrogens is 264 g/mol. The van der Waals surface area contributed by atoms with Gasteiger partial charge in [0, 0.05) is 0 Å². The molecule has 0 aliphatic carbocycles. The highest BCUT2D eigenvalue weighted by atomic mass is 16.6. The van der Waals surface area contributed by atoms with E-state index in [9.17, 15) is 4.79 Å². The summed E-state index contributed by atoms with van der Waals surface area (Å²) < 4.78 is 10.4. The number of esters is 1. The molecule has 3 nitrogen and oxygen atoms in total. The number of carbonyl (C=O) groups excluding carboxylic acids is 1. The molecule has 1 atom stereocenters. The molecule has 1 aromatic carbocycles. The number of rotatable bonds is 10. The van der Waals surface area contributed by atoms with E-state index in [1.807, 2.05) is 6.92 Å². The maximum absolute atomic E-state index is 11.7. The SMILES string of the molecule is CCOC(=O)[C@]1(CCCCCCCc2ccccc2)CO1. The van der Waals surface area contributed by atoms with Crippen molar-refractivity contribution in [1.29, 1.82) is 0 Å².